The van der Waals surface area contributed by atoms with Crippen LogP contribution in [-0.2, 0) is 10.2 Å². The van der Waals surface area contributed by atoms with Crippen LogP contribution in [0.2, 0.25) is 0 Å². The van der Waals surface area contributed by atoms with E-state index in [9.17, 15) is 13.2 Å². The van der Waals surface area contributed by atoms with Crippen LogP contribution in [0.15, 0.2) is 42.9 Å². The third-order valence-corrected chi connectivity index (χ3v) is 8.35. The summed E-state index contributed by atoms with van der Waals surface area (Å²) >= 11 is 1.37. The van der Waals surface area contributed by atoms with Gasteiger partial charge in [0.1, 0.15) is 0 Å². The van der Waals surface area contributed by atoms with E-state index in [1.165, 1.54) is 15.6 Å². The van der Waals surface area contributed by atoms with E-state index in [0.29, 0.717) is 35.8 Å². The second kappa shape index (κ2) is 10.4. The third-order valence-electron chi connectivity index (χ3n) is 5.85. The first-order valence-electron chi connectivity index (χ1n) is 11.8. The van der Waals surface area contributed by atoms with E-state index in [1.807, 2.05) is 38.1 Å². The van der Waals surface area contributed by atoms with E-state index < -0.39 is 10.2 Å². The fraction of sp³-hybridized carbons (Fsp3) is 0.292. The Morgan fingerprint density at radius 3 is 2.49 bits per heavy atom. The summed E-state index contributed by atoms with van der Waals surface area (Å²) in [7, 11) is -3.68. The SMILES string of the molecule is CCNC(=O)Nc1nc2cc(-c3cnc(NS(=O)(=O)N4CCCC4)nc3)cc(-c3ccc(C)cn3)c2s1. The van der Waals surface area contributed by atoms with Gasteiger partial charge in [0, 0.05) is 49.4 Å². The minimum atomic E-state index is -3.68. The van der Waals surface area contributed by atoms with E-state index in [2.05, 4.69) is 35.3 Å². The zero-order valence-corrected chi connectivity index (χ0v) is 22.0. The van der Waals surface area contributed by atoms with Gasteiger partial charge < -0.3 is 5.32 Å². The number of aromatic nitrogens is 4. The number of hydrogen-bond acceptors (Lipinski definition) is 8. The number of hydrogen-bond donors (Lipinski definition) is 3. The number of rotatable bonds is 7. The summed E-state index contributed by atoms with van der Waals surface area (Å²) in [4.78, 5) is 29.7. The van der Waals surface area contributed by atoms with Crippen molar-refractivity contribution in [2.75, 3.05) is 29.7 Å². The molecule has 0 aliphatic carbocycles. The maximum absolute atomic E-state index is 12.5. The molecule has 1 aliphatic heterocycles. The van der Waals surface area contributed by atoms with E-state index in [4.69, 9.17) is 0 Å². The van der Waals surface area contributed by atoms with Crippen molar-refractivity contribution < 1.29 is 13.2 Å². The van der Waals surface area contributed by atoms with Crippen molar-refractivity contribution in [2.45, 2.75) is 26.7 Å². The van der Waals surface area contributed by atoms with E-state index >= 15 is 0 Å². The highest BCUT2D eigenvalue weighted by Crippen LogP contribution is 2.38. The van der Waals surface area contributed by atoms with Crippen LogP contribution in [0.1, 0.15) is 25.3 Å². The van der Waals surface area contributed by atoms with Gasteiger partial charge in [0.2, 0.25) is 5.95 Å². The van der Waals surface area contributed by atoms with Gasteiger partial charge in [0.25, 0.3) is 0 Å². The number of pyridine rings is 1. The van der Waals surface area contributed by atoms with E-state index in [0.717, 1.165) is 39.9 Å². The van der Waals surface area contributed by atoms with Gasteiger partial charge in [-0.2, -0.15) is 12.7 Å². The summed E-state index contributed by atoms with van der Waals surface area (Å²) in [6.45, 7) is 5.31. The fourth-order valence-corrected chi connectivity index (χ4v) is 6.18. The van der Waals surface area contributed by atoms with Crippen molar-refractivity contribution in [1.82, 2.24) is 29.6 Å². The van der Waals surface area contributed by atoms with Crippen molar-refractivity contribution >= 4 is 48.9 Å². The summed E-state index contributed by atoms with van der Waals surface area (Å²) in [5.41, 5.74) is 4.82. The molecule has 3 aromatic heterocycles. The lowest BCUT2D eigenvalue weighted by Gasteiger charge is -2.15. The molecule has 0 spiro atoms. The van der Waals surface area contributed by atoms with Crippen molar-refractivity contribution in [3.05, 3.63) is 48.4 Å². The van der Waals surface area contributed by atoms with Gasteiger partial charge in [-0.25, -0.2) is 24.5 Å². The molecule has 0 radical (unpaired) electrons. The quantitative estimate of drug-likeness (QED) is 0.323. The monoisotopic (exact) mass is 538 g/mol. The number of carbonyl (C=O) groups excluding carboxylic acids is 1. The predicted octanol–water partition coefficient (Wildman–Crippen LogP) is 4.02. The molecule has 1 fully saturated rings. The Bertz CT molecular complexity index is 1530. The summed E-state index contributed by atoms with van der Waals surface area (Å²) in [6, 6.07) is 7.47. The van der Waals surface area contributed by atoms with Crippen LogP contribution in [0.4, 0.5) is 15.9 Å². The first-order chi connectivity index (χ1) is 17.8. The predicted molar refractivity (Wildman–Crippen MR) is 145 cm³/mol. The highest BCUT2D eigenvalue weighted by Gasteiger charge is 2.26. The van der Waals surface area contributed by atoms with Gasteiger partial charge in [0.05, 0.1) is 15.9 Å². The molecule has 0 bridgehead atoms. The summed E-state index contributed by atoms with van der Waals surface area (Å²) in [5, 5.41) is 5.94. The smallest absolute Gasteiger partial charge is 0.321 e. The van der Waals surface area contributed by atoms with Gasteiger partial charge in [-0.15, -0.1) is 0 Å². The van der Waals surface area contributed by atoms with Gasteiger partial charge >= 0.3 is 16.2 Å². The Labute approximate surface area is 218 Å². The largest absolute Gasteiger partial charge is 0.338 e. The fourth-order valence-electron chi connectivity index (χ4n) is 4.01. The molecule has 192 valence electrons. The lowest BCUT2D eigenvalue weighted by Crippen LogP contribution is -2.33. The van der Waals surface area contributed by atoms with E-state index in [-0.39, 0.29) is 12.0 Å². The molecule has 0 saturated carbocycles. The topological polar surface area (TPSA) is 142 Å². The van der Waals surface area contributed by atoms with Crippen LogP contribution in [0.5, 0.6) is 0 Å². The van der Waals surface area contributed by atoms with Crippen LogP contribution >= 0.6 is 11.3 Å². The summed E-state index contributed by atoms with van der Waals surface area (Å²) < 4.78 is 29.8. The highest BCUT2D eigenvalue weighted by atomic mass is 32.2. The second-order valence-corrected chi connectivity index (χ2v) is 11.3. The minimum absolute atomic E-state index is 0.0132. The van der Waals surface area contributed by atoms with Crippen molar-refractivity contribution in [2.24, 2.45) is 0 Å². The van der Waals surface area contributed by atoms with Crippen LogP contribution in [0.25, 0.3) is 32.6 Å². The number of amides is 2. The standard InChI is InChI=1S/C24H26N8O3S2/c1-3-25-23(33)30-24-29-20-11-16(10-18(21(20)36-24)19-7-6-15(2)12-26-19)17-13-27-22(28-14-17)31-37(34,35)32-8-4-5-9-32/h6-7,10-14H,3-5,8-9H2,1-2H3,(H,27,28,31)(H2,25,29,30,33). The Balaban J connectivity index is 1.50. The first-order valence-corrected chi connectivity index (χ1v) is 14.1. The van der Waals surface area contributed by atoms with Crippen LogP contribution in [-0.4, -0.2) is 58.3 Å². The van der Waals surface area contributed by atoms with Gasteiger partial charge in [0.15, 0.2) is 5.13 Å². The number of fused-ring (bicyclic) bond motifs is 1. The number of aryl methyl sites for hydroxylation is 1. The molecule has 3 N–H and O–H groups in total. The maximum Gasteiger partial charge on any atom is 0.321 e. The molecule has 5 rings (SSSR count). The molecule has 2 amide bonds. The number of nitrogens with one attached hydrogen (secondary N) is 3. The molecular formula is C24H26N8O3S2. The Kier molecular flexibility index (Phi) is 7.00. The zero-order chi connectivity index (χ0) is 26.0. The zero-order valence-electron chi connectivity index (χ0n) is 20.4. The molecule has 13 heteroatoms. The van der Waals surface area contributed by atoms with Crippen LogP contribution < -0.4 is 15.4 Å². The Hall–Kier alpha value is -3.68. The molecule has 4 aromatic rings. The van der Waals surface area contributed by atoms with Crippen LogP contribution in [0.3, 0.4) is 0 Å². The van der Waals surface area contributed by atoms with Gasteiger partial charge in [-0.3, -0.25) is 10.3 Å². The summed E-state index contributed by atoms with van der Waals surface area (Å²) in [6.07, 6.45) is 6.63. The number of urea groups is 1. The number of thiazole rings is 1. The lowest BCUT2D eigenvalue weighted by atomic mass is 10.0. The third kappa shape index (κ3) is 5.53. The molecule has 11 nitrogen and oxygen atoms in total. The number of anilines is 2. The second-order valence-electron chi connectivity index (χ2n) is 8.60. The highest BCUT2D eigenvalue weighted by molar-refractivity contribution is 7.90. The normalized spacial score (nSPS) is 14.1. The molecule has 1 aromatic carbocycles. The minimum Gasteiger partial charge on any atom is -0.338 e. The average molecular weight is 539 g/mol. The van der Waals surface area contributed by atoms with Crippen molar-refractivity contribution in [3.8, 4) is 22.4 Å². The summed E-state index contributed by atoms with van der Waals surface area (Å²) in [5.74, 6) is 0.0132. The van der Waals surface area contributed by atoms with Gasteiger partial charge in [-0.05, 0) is 56.0 Å². The van der Waals surface area contributed by atoms with Gasteiger partial charge in [-0.1, -0.05) is 17.4 Å². The molecular weight excluding hydrogens is 512 g/mol. The molecule has 37 heavy (non-hydrogen) atoms. The average Bonchev–Trinajstić information content (AvgIpc) is 3.55. The molecule has 1 aliphatic rings. The molecule has 1 saturated heterocycles. The lowest BCUT2D eigenvalue weighted by molar-refractivity contribution is 0.252. The van der Waals surface area contributed by atoms with Crippen molar-refractivity contribution in [3.63, 3.8) is 0 Å². The van der Waals surface area contributed by atoms with E-state index in [1.54, 1.807) is 18.6 Å². The Morgan fingerprint density at radius 2 is 1.81 bits per heavy atom. The number of nitrogens with zero attached hydrogens (tertiary/aromatic N) is 5. The number of carbonyl (C=O) groups is 1. The number of benzene rings is 1. The van der Waals surface area contributed by atoms with Crippen LogP contribution in [0, 0.1) is 6.92 Å². The molecule has 4 heterocycles. The Morgan fingerprint density at radius 1 is 1.05 bits per heavy atom. The molecule has 0 atom stereocenters. The maximum atomic E-state index is 12.5. The van der Waals surface area contributed by atoms with Crippen molar-refractivity contribution in [1.29, 1.82) is 0 Å². The molecule has 0 unspecified atom stereocenters. The first kappa shape index (κ1) is 25.0.